The second-order valence-corrected chi connectivity index (χ2v) is 5.27. The summed E-state index contributed by atoms with van der Waals surface area (Å²) in [5.74, 6) is 1.44. The Labute approximate surface area is 97.5 Å². The Morgan fingerprint density at radius 2 is 2.38 bits per heavy atom. The highest BCUT2D eigenvalue weighted by Crippen LogP contribution is 2.43. The normalized spacial score (nSPS) is 15.8. The number of thiophene rings is 1. The summed E-state index contributed by atoms with van der Waals surface area (Å²) in [6, 6.07) is 0. The highest BCUT2D eigenvalue weighted by atomic mass is 32.1. The van der Waals surface area contributed by atoms with Gasteiger partial charge in [-0.1, -0.05) is 6.92 Å². The van der Waals surface area contributed by atoms with E-state index in [0.29, 0.717) is 5.92 Å². The second kappa shape index (κ2) is 3.70. The fraction of sp³-hybridized carbons (Fsp3) is 0.500. The summed E-state index contributed by atoms with van der Waals surface area (Å²) in [4.78, 5) is 20.3. The molecule has 0 amide bonds. The number of rotatable bonds is 3. The summed E-state index contributed by atoms with van der Waals surface area (Å²) in [6.07, 6.45) is 4.31. The van der Waals surface area contributed by atoms with Gasteiger partial charge in [-0.25, -0.2) is 4.98 Å². The molecule has 0 unspecified atom stereocenters. The molecular formula is C12H14N2OS. The number of aromatic amines is 1. The van der Waals surface area contributed by atoms with Gasteiger partial charge in [0.15, 0.2) is 0 Å². The Morgan fingerprint density at radius 3 is 3.06 bits per heavy atom. The van der Waals surface area contributed by atoms with Gasteiger partial charge in [-0.15, -0.1) is 11.3 Å². The Kier molecular flexibility index (Phi) is 2.32. The number of aryl methyl sites for hydroxylation is 1. The number of hydrogen-bond acceptors (Lipinski definition) is 3. The highest BCUT2D eigenvalue weighted by Gasteiger charge is 2.27. The summed E-state index contributed by atoms with van der Waals surface area (Å²) in [7, 11) is 0. The molecule has 2 aromatic heterocycles. The van der Waals surface area contributed by atoms with Crippen molar-refractivity contribution in [1.82, 2.24) is 9.97 Å². The van der Waals surface area contributed by atoms with Crippen LogP contribution >= 0.6 is 11.3 Å². The van der Waals surface area contributed by atoms with Gasteiger partial charge in [-0.2, -0.15) is 0 Å². The molecule has 0 aliphatic heterocycles. The third-order valence-electron chi connectivity index (χ3n) is 3.03. The third-order valence-corrected chi connectivity index (χ3v) is 3.92. The van der Waals surface area contributed by atoms with Gasteiger partial charge in [0, 0.05) is 6.42 Å². The van der Waals surface area contributed by atoms with Crippen molar-refractivity contribution in [2.75, 3.05) is 0 Å². The summed E-state index contributed by atoms with van der Waals surface area (Å²) >= 11 is 1.61. The molecule has 2 heterocycles. The molecule has 0 bridgehead atoms. The molecule has 84 valence electrons. The average Bonchev–Trinajstić information content (AvgIpc) is 3.00. The van der Waals surface area contributed by atoms with Crippen molar-refractivity contribution in [3.8, 4) is 0 Å². The zero-order chi connectivity index (χ0) is 11.1. The first kappa shape index (κ1) is 10.0. The van der Waals surface area contributed by atoms with E-state index in [9.17, 15) is 4.79 Å². The largest absolute Gasteiger partial charge is 0.310 e. The maximum atomic E-state index is 12.0. The molecule has 0 radical (unpaired) electrons. The Balaban J connectivity index is 2.18. The molecule has 3 rings (SSSR count). The van der Waals surface area contributed by atoms with Gasteiger partial charge in [-0.05, 0) is 36.1 Å². The predicted octanol–water partition coefficient (Wildman–Crippen LogP) is 2.81. The highest BCUT2D eigenvalue weighted by molar-refractivity contribution is 7.16. The van der Waals surface area contributed by atoms with Crippen LogP contribution in [0.15, 0.2) is 10.2 Å². The zero-order valence-corrected chi connectivity index (χ0v) is 10.1. The minimum absolute atomic E-state index is 0.0524. The predicted molar refractivity (Wildman–Crippen MR) is 66.2 cm³/mol. The van der Waals surface area contributed by atoms with Crippen molar-refractivity contribution in [2.24, 2.45) is 0 Å². The fourth-order valence-electron chi connectivity index (χ4n) is 2.07. The maximum absolute atomic E-state index is 12.0. The summed E-state index contributed by atoms with van der Waals surface area (Å²) in [5, 5.41) is 2.95. The Morgan fingerprint density at radius 1 is 1.56 bits per heavy atom. The van der Waals surface area contributed by atoms with E-state index in [0.717, 1.165) is 28.9 Å². The molecule has 2 aromatic rings. The number of fused-ring (bicyclic) bond motifs is 1. The lowest BCUT2D eigenvalue weighted by Gasteiger charge is -1.99. The van der Waals surface area contributed by atoms with Crippen molar-refractivity contribution in [3.05, 3.63) is 27.1 Å². The summed E-state index contributed by atoms with van der Waals surface area (Å²) < 4.78 is 0. The minimum atomic E-state index is 0.0524. The first-order valence-electron chi connectivity index (χ1n) is 5.80. The van der Waals surface area contributed by atoms with Gasteiger partial charge >= 0.3 is 0 Å². The lowest BCUT2D eigenvalue weighted by atomic mass is 10.1. The molecule has 1 fully saturated rings. The molecule has 4 heteroatoms. The van der Waals surface area contributed by atoms with E-state index >= 15 is 0 Å². The van der Waals surface area contributed by atoms with Crippen LogP contribution in [0.5, 0.6) is 0 Å². The van der Waals surface area contributed by atoms with Gasteiger partial charge in [0.2, 0.25) is 0 Å². The van der Waals surface area contributed by atoms with E-state index in [4.69, 9.17) is 0 Å². The molecule has 0 saturated heterocycles. The third kappa shape index (κ3) is 1.57. The van der Waals surface area contributed by atoms with E-state index in [-0.39, 0.29) is 5.56 Å². The van der Waals surface area contributed by atoms with Crippen LogP contribution in [0.2, 0.25) is 0 Å². The Bertz CT molecular complexity index is 580. The molecular weight excluding hydrogens is 220 g/mol. The first-order valence-corrected chi connectivity index (χ1v) is 6.68. The number of H-pyrrole nitrogens is 1. The number of nitrogens with zero attached hydrogens (tertiary/aromatic N) is 1. The number of nitrogens with one attached hydrogen (secondary N) is 1. The SMILES string of the molecule is CCCc1nc2scc(C3CC3)c2c(=O)[nH]1. The molecule has 0 atom stereocenters. The zero-order valence-electron chi connectivity index (χ0n) is 9.25. The molecule has 1 aliphatic rings. The van der Waals surface area contributed by atoms with Crippen molar-refractivity contribution < 1.29 is 0 Å². The van der Waals surface area contributed by atoms with Crippen LogP contribution in [0, 0.1) is 0 Å². The van der Waals surface area contributed by atoms with Gasteiger partial charge in [0.05, 0.1) is 5.39 Å². The van der Waals surface area contributed by atoms with Crippen molar-refractivity contribution in [1.29, 1.82) is 0 Å². The maximum Gasteiger partial charge on any atom is 0.259 e. The van der Waals surface area contributed by atoms with Crippen LogP contribution < -0.4 is 5.56 Å². The molecule has 0 aromatic carbocycles. The monoisotopic (exact) mass is 234 g/mol. The molecule has 1 aliphatic carbocycles. The van der Waals surface area contributed by atoms with Crippen molar-refractivity contribution >= 4 is 21.6 Å². The minimum Gasteiger partial charge on any atom is -0.310 e. The van der Waals surface area contributed by atoms with Gasteiger partial charge < -0.3 is 4.98 Å². The van der Waals surface area contributed by atoms with Crippen LogP contribution in [0.25, 0.3) is 10.2 Å². The average molecular weight is 234 g/mol. The lowest BCUT2D eigenvalue weighted by Crippen LogP contribution is -2.11. The van der Waals surface area contributed by atoms with Crippen LogP contribution in [0.1, 0.15) is 43.5 Å². The summed E-state index contributed by atoms with van der Waals surface area (Å²) in [5.41, 5.74) is 1.27. The van der Waals surface area contributed by atoms with Crippen molar-refractivity contribution in [3.63, 3.8) is 0 Å². The van der Waals surface area contributed by atoms with Crippen LogP contribution in [-0.2, 0) is 6.42 Å². The molecule has 1 saturated carbocycles. The molecule has 0 spiro atoms. The topological polar surface area (TPSA) is 45.8 Å². The van der Waals surface area contributed by atoms with E-state index in [2.05, 4.69) is 22.3 Å². The van der Waals surface area contributed by atoms with Gasteiger partial charge in [0.25, 0.3) is 5.56 Å². The van der Waals surface area contributed by atoms with E-state index in [1.165, 1.54) is 18.4 Å². The van der Waals surface area contributed by atoms with Crippen LogP contribution in [0.4, 0.5) is 0 Å². The van der Waals surface area contributed by atoms with Crippen molar-refractivity contribution in [2.45, 2.75) is 38.5 Å². The standard InChI is InChI=1S/C12H14N2OS/c1-2-3-9-13-11(15)10-8(7-4-5-7)6-16-12(10)14-9/h6-7H,2-5H2,1H3,(H,13,14,15). The van der Waals surface area contributed by atoms with Gasteiger partial charge in [-0.3, -0.25) is 4.79 Å². The molecule has 1 N–H and O–H groups in total. The van der Waals surface area contributed by atoms with E-state index < -0.39 is 0 Å². The molecule has 3 nitrogen and oxygen atoms in total. The number of hydrogen-bond donors (Lipinski definition) is 1. The quantitative estimate of drug-likeness (QED) is 0.887. The van der Waals surface area contributed by atoms with E-state index in [1.54, 1.807) is 11.3 Å². The lowest BCUT2D eigenvalue weighted by molar-refractivity contribution is 0.838. The number of aromatic nitrogens is 2. The van der Waals surface area contributed by atoms with Crippen LogP contribution in [0.3, 0.4) is 0 Å². The molecule has 16 heavy (non-hydrogen) atoms. The Hall–Kier alpha value is -1.16. The summed E-state index contributed by atoms with van der Waals surface area (Å²) in [6.45, 7) is 2.09. The smallest absolute Gasteiger partial charge is 0.259 e. The fourth-order valence-corrected chi connectivity index (χ4v) is 3.11. The van der Waals surface area contributed by atoms with E-state index in [1.807, 2.05) is 0 Å². The second-order valence-electron chi connectivity index (χ2n) is 4.41. The first-order chi connectivity index (χ1) is 7.79. The van der Waals surface area contributed by atoms with Gasteiger partial charge in [0.1, 0.15) is 10.7 Å². The van der Waals surface area contributed by atoms with Crippen LogP contribution in [-0.4, -0.2) is 9.97 Å².